The van der Waals surface area contributed by atoms with Gasteiger partial charge < -0.3 is 92.6 Å². The highest BCUT2D eigenvalue weighted by Crippen LogP contribution is 1.97. The minimum absolute atomic E-state index is 0.161. The third-order valence-corrected chi connectivity index (χ3v) is 5.94. The van der Waals surface area contributed by atoms with Crippen LogP contribution in [0.2, 0.25) is 0 Å². The van der Waals surface area contributed by atoms with Crippen LogP contribution in [-0.4, -0.2) is 242 Å². The van der Waals surface area contributed by atoms with Crippen molar-refractivity contribution < 1.29 is 92.6 Å². The van der Waals surface area contributed by atoms with Crippen LogP contribution >= 0.6 is 0 Å². The van der Waals surface area contributed by atoms with Crippen molar-refractivity contribution in [2.75, 3.05) is 164 Å². The first-order valence-corrected chi connectivity index (χ1v) is 17.6. The average Bonchev–Trinajstić information content (AvgIpc) is 3.11. The molecule has 6 unspecified atom stereocenters. The van der Waals surface area contributed by atoms with Gasteiger partial charge in [-0.3, -0.25) is 0 Å². The Kier molecular flexibility index (Phi) is 62.8. The van der Waals surface area contributed by atoms with Gasteiger partial charge in [0.05, 0.1) is 91.0 Å². The van der Waals surface area contributed by atoms with Gasteiger partial charge in [0.1, 0.15) is 24.4 Å². The molecule has 0 radical (unpaired) electrons. The van der Waals surface area contributed by atoms with E-state index in [0.29, 0.717) is 65.7 Å². The van der Waals surface area contributed by atoms with E-state index in [1.807, 2.05) is 0 Å². The van der Waals surface area contributed by atoms with E-state index in [0.717, 1.165) is 12.8 Å². The van der Waals surface area contributed by atoms with Crippen molar-refractivity contribution in [2.24, 2.45) is 0 Å². The molecule has 0 aromatic heterocycles. The first-order chi connectivity index (χ1) is 25.8. The number of methoxy groups -OCH3 is 10. The van der Waals surface area contributed by atoms with Gasteiger partial charge in [-0.25, -0.2) is 0 Å². The lowest BCUT2D eigenvalue weighted by Gasteiger charge is -2.12. The molecular weight excluding hydrogens is 724 g/mol. The number of ether oxygens (including phenoxy) is 12. The summed E-state index contributed by atoms with van der Waals surface area (Å²) >= 11 is 0. The highest BCUT2D eigenvalue weighted by atomic mass is 16.5. The molecule has 54 heavy (non-hydrogen) atoms. The molecule has 0 amide bonds. The van der Waals surface area contributed by atoms with Gasteiger partial charge in [-0.2, -0.15) is 0 Å². The Hall–Kier alpha value is -0.760. The van der Waals surface area contributed by atoms with Crippen LogP contribution in [0, 0.1) is 0 Å². The molecule has 0 aromatic carbocycles. The summed E-state index contributed by atoms with van der Waals surface area (Å²) < 4.78 is 57.2. The van der Waals surface area contributed by atoms with E-state index in [4.69, 9.17) is 72.9 Å². The third kappa shape index (κ3) is 63.2. The summed E-state index contributed by atoms with van der Waals surface area (Å²) in [6.45, 7) is 4.80. The topological polar surface area (TPSA) is 252 Å². The fourth-order valence-electron chi connectivity index (χ4n) is 3.48. The van der Waals surface area contributed by atoms with Gasteiger partial charge in [0.15, 0.2) is 0 Å². The molecule has 0 heterocycles. The molecule has 0 aliphatic carbocycles. The molecule has 7 N–H and O–H groups in total. The van der Waals surface area contributed by atoms with Crippen molar-refractivity contribution in [3.05, 3.63) is 0 Å². The molecular formula is C35H80O19. The van der Waals surface area contributed by atoms with Gasteiger partial charge in [-0.15, -0.1) is 0 Å². The van der Waals surface area contributed by atoms with Crippen molar-refractivity contribution in [3.8, 4) is 0 Å². The second-order valence-corrected chi connectivity index (χ2v) is 11.5. The number of rotatable bonds is 32. The van der Waals surface area contributed by atoms with Crippen molar-refractivity contribution in [1.82, 2.24) is 0 Å². The number of aliphatic hydroxyl groups is 7. The lowest BCUT2D eigenvalue weighted by Crippen LogP contribution is -2.26. The van der Waals surface area contributed by atoms with Crippen molar-refractivity contribution in [3.63, 3.8) is 0 Å². The lowest BCUT2D eigenvalue weighted by atomic mass is 10.2. The number of hydrogen-bond acceptors (Lipinski definition) is 19. The molecule has 0 aliphatic heterocycles. The first-order valence-electron chi connectivity index (χ1n) is 17.6. The van der Waals surface area contributed by atoms with Crippen molar-refractivity contribution in [1.29, 1.82) is 0 Å². The fraction of sp³-hybridized carbons (Fsp3) is 1.00. The second kappa shape index (κ2) is 54.3. The van der Waals surface area contributed by atoms with Crippen LogP contribution in [0.25, 0.3) is 0 Å². The molecule has 19 nitrogen and oxygen atoms in total. The van der Waals surface area contributed by atoms with Gasteiger partial charge in [-0.05, 0) is 25.7 Å². The summed E-state index contributed by atoms with van der Waals surface area (Å²) in [5.41, 5.74) is 0. The van der Waals surface area contributed by atoms with E-state index in [9.17, 15) is 10.2 Å². The smallest absolute Gasteiger partial charge is 0.101 e. The molecule has 334 valence electrons. The molecule has 6 atom stereocenters. The summed E-state index contributed by atoms with van der Waals surface area (Å²) in [6, 6.07) is 0. The Balaban J connectivity index is -0.000000188. The zero-order valence-electron chi connectivity index (χ0n) is 34.8. The minimum atomic E-state index is -0.639. The van der Waals surface area contributed by atoms with Gasteiger partial charge in [0.2, 0.25) is 0 Å². The summed E-state index contributed by atoms with van der Waals surface area (Å²) in [4.78, 5) is 0. The molecule has 0 rings (SSSR count). The molecule has 0 aliphatic rings. The number of aliphatic hydroxyl groups excluding tert-OH is 7. The van der Waals surface area contributed by atoms with Crippen LogP contribution in [0.1, 0.15) is 25.7 Å². The Morgan fingerprint density at radius 2 is 0.519 bits per heavy atom. The fourth-order valence-corrected chi connectivity index (χ4v) is 3.48. The summed E-state index contributed by atoms with van der Waals surface area (Å²) in [5.74, 6) is 0. The SMILES string of the molecule is COCC(O)CCOCC(O)COC.COCC(O)COC.COCC(O)COCC(O)COC.COCCC(O)COC.COCCCC(O)COC. The summed E-state index contributed by atoms with van der Waals surface area (Å²) in [7, 11) is 15.6. The quantitative estimate of drug-likeness (QED) is 0.0383. The number of hydrogen-bond donors (Lipinski definition) is 7. The normalized spacial score (nSPS) is 14.1. The molecule has 0 aromatic rings. The summed E-state index contributed by atoms with van der Waals surface area (Å²) in [5, 5.41) is 63.5. The minimum Gasteiger partial charge on any atom is -0.391 e. The van der Waals surface area contributed by atoms with E-state index in [2.05, 4.69) is 9.47 Å². The maximum Gasteiger partial charge on any atom is 0.101 e. The maximum absolute atomic E-state index is 9.23. The van der Waals surface area contributed by atoms with E-state index < -0.39 is 30.5 Å². The zero-order valence-corrected chi connectivity index (χ0v) is 34.8. The predicted molar refractivity (Wildman–Crippen MR) is 201 cm³/mol. The van der Waals surface area contributed by atoms with Gasteiger partial charge >= 0.3 is 0 Å². The van der Waals surface area contributed by atoms with Crippen molar-refractivity contribution >= 4 is 0 Å². The maximum atomic E-state index is 9.23. The van der Waals surface area contributed by atoms with Crippen LogP contribution in [0.15, 0.2) is 0 Å². The molecule has 0 bridgehead atoms. The predicted octanol–water partition coefficient (Wildman–Crippen LogP) is -1.48. The summed E-state index contributed by atoms with van der Waals surface area (Å²) in [6.07, 6.45) is -0.778. The van der Waals surface area contributed by atoms with E-state index >= 15 is 0 Å². The zero-order chi connectivity index (χ0) is 42.3. The first kappa shape index (κ1) is 62.4. The van der Waals surface area contributed by atoms with Gasteiger partial charge in [-0.1, -0.05) is 0 Å². The molecule has 0 saturated carbocycles. The molecule has 0 spiro atoms. The van der Waals surface area contributed by atoms with Crippen LogP contribution < -0.4 is 0 Å². The second-order valence-electron chi connectivity index (χ2n) is 11.5. The van der Waals surface area contributed by atoms with Crippen LogP contribution in [0.5, 0.6) is 0 Å². The molecule has 0 fully saturated rings. The lowest BCUT2D eigenvalue weighted by molar-refractivity contribution is -0.0463. The van der Waals surface area contributed by atoms with E-state index in [1.165, 1.54) is 28.4 Å². The van der Waals surface area contributed by atoms with Crippen LogP contribution in [-0.2, 0) is 56.8 Å². The highest BCUT2D eigenvalue weighted by Gasteiger charge is 2.08. The Bertz CT molecular complexity index is 597. The largest absolute Gasteiger partial charge is 0.391 e. The van der Waals surface area contributed by atoms with Gasteiger partial charge in [0, 0.05) is 90.9 Å². The van der Waals surface area contributed by atoms with Gasteiger partial charge in [0.25, 0.3) is 0 Å². The van der Waals surface area contributed by atoms with Crippen LogP contribution in [0.4, 0.5) is 0 Å². The van der Waals surface area contributed by atoms with Crippen molar-refractivity contribution in [2.45, 2.75) is 68.4 Å². The monoisotopic (exact) mass is 805 g/mol. The molecule has 19 heteroatoms. The van der Waals surface area contributed by atoms with E-state index in [-0.39, 0.29) is 51.8 Å². The Morgan fingerprint density at radius 1 is 0.259 bits per heavy atom. The average molecular weight is 805 g/mol. The van der Waals surface area contributed by atoms with E-state index in [1.54, 1.807) is 42.7 Å². The molecule has 0 saturated heterocycles. The standard InChI is InChI=1S/C9H20O5.C8H18O5.C7H16O3.C6H14O3.C5H12O3/c1-12-5-8(10)3-4-14-7-9(11)6-13-2;1-11-3-7(9)5-13-6-8(10)4-12-2;1-9-5-3-4-7(8)6-10-2;1-8-4-3-6(7)5-9-2;1-7-3-5(6)4-8-2/h8-11H,3-7H2,1-2H3;7-10H,3-6H2,1-2H3;7-8H,3-6H2,1-2H3;6-7H,3-5H2,1-2H3;5-6H,3-4H2,1-2H3. The van der Waals surface area contributed by atoms with Crippen LogP contribution in [0.3, 0.4) is 0 Å². The Morgan fingerprint density at radius 3 is 0.833 bits per heavy atom. The Labute approximate surface area is 324 Å². The third-order valence-electron chi connectivity index (χ3n) is 5.94. The highest BCUT2D eigenvalue weighted by molar-refractivity contribution is 4.56.